The standard InChI is InChI=1S/C29H43NO4S/c1-9-11-13-25(14-12-17-30(8)22(4)32)34-19-27(24-15-16-24)35-20-26(28(33)29(5,6)7)23(10-2)18-21(3)31/h12-14,23,26H,10,15-20H2,1-8H3. The molecule has 0 bridgehead atoms. The molecule has 1 aliphatic rings. The van der Waals surface area contributed by atoms with Crippen molar-refractivity contribution >= 4 is 29.2 Å². The van der Waals surface area contributed by atoms with E-state index in [4.69, 9.17) is 4.74 Å². The molecule has 5 nitrogen and oxygen atoms in total. The number of rotatable bonds is 14. The van der Waals surface area contributed by atoms with Gasteiger partial charge in [0.1, 0.15) is 23.9 Å². The first kappa shape index (κ1) is 30.8. The molecule has 2 atom stereocenters. The van der Waals surface area contributed by atoms with Crippen molar-refractivity contribution in [3.8, 4) is 11.8 Å². The summed E-state index contributed by atoms with van der Waals surface area (Å²) in [6, 6.07) is 0. The monoisotopic (exact) mass is 501 g/mol. The minimum Gasteiger partial charge on any atom is -0.488 e. The van der Waals surface area contributed by atoms with Gasteiger partial charge in [0.25, 0.3) is 0 Å². The number of thioether (sulfide) groups is 1. The Morgan fingerprint density at radius 1 is 1.20 bits per heavy atom. The van der Waals surface area contributed by atoms with Crippen LogP contribution in [0.5, 0.6) is 0 Å². The smallest absolute Gasteiger partial charge is 0.219 e. The molecule has 1 fully saturated rings. The molecular formula is C29H43NO4S. The third-order valence-electron chi connectivity index (χ3n) is 5.98. The molecule has 2 unspecified atom stereocenters. The number of likely N-dealkylation sites (N-methyl/N-ethyl adjacent to an activating group) is 1. The average Bonchev–Trinajstić information content (AvgIpc) is 3.61. The van der Waals surface area contributed by atoms with Gasteiger partial charge in [0.2, 0.25) is 5.91 Å². The molecule has 35 heavy (non-hydrogen) atoms. The highest BCUT2D eigenvalue weighted by atomic mass is 32.2. The molecule has 0 radical (unpaired) electrons. The molecule has 0 heterocycles. The van der Waals surface area contributed by atoms with Gasteiger partial charge in [0, 0.05) is 55.0 Å². The van der Waals surface area contributed by atoms with E-state index in [2.05, 4.69) is 18.8 Å². The lowest BCUT2D eigenvalue weighted by molar-refractivity contribution is -0.132. The Morgan fingerprint density at radius 2 is 1.86 bits per heavy atom. The lowest BCUT2D eigenvalue weighted by atomic mass is 9.75. The van der Waals surface area contributed by atoms with E-state index in [0.29, 0.717) is 31.1 Å². The van der Waals surface area contributed by atoms with Crippen LogP contribution >= 0.6 is 11.8 Å². The molecule has 0 saturated heterocycles. The number of carbonyl (C=O) groups is 3. The Hall–Kier alpha value is -2.26. The molecule has 0 aromatic heterocycles. The molecule has 194 valence electrons. The largest absolute Gasteiger partial charge is 0.488 e. The molecule has 0 aromatic carbocycles. The van der Waals surface area contributed by atoms with Crippen molar-refractivity contribution in [2.24, 2.45) is 17.3 Å². The number of ether oxygens (including phenoxy) is 1. The molecule has 0 aliphatic heterocycles. The summed E-state index contributed by atoms with van der Waals surface area (Å²) >= 11 is 1.70. The van der Waals surface area contributed by atoms with E-state index in [9.17, 15) is 14.4 Å². The molecule has 0 aromatic rings. The summed E-state index contributed by atoms with van der Waals surface area (Å²) in [6.07, 6.45) is 8.81. The predicted octanol–water partition coefficient (Wildman–Crippen LogP) is 5.96. The van der Waals surface area contributed by atoms with Gasteiger partial charge in [-0.1, -0.05) is 51.7 Å². The number of allylic oxidation sites excluding steroid dienone is 3. The number of Topliss-reactive ketones (excluding diaryl/α,β-unsaturated/α-hetero) is 2. The number of hydrogen-bond acceptors (Lipinski definition) is 5. The van der Waals surface area contributed by atoms with Gasteiger partial charge in [-0.05, 0) is 38.7 Å². The van der Waals surface area contributed by atoms with Crippen LogP contribution in [-0.2, 0) is 19.1 Å². The van der Waals surface area contributed by atoms with E-state index in [1.54, 1.807) is 43.6 Å². The van der Waals surface area contributed by atoms with Crippen LogP contribution in [0.1, 0.15) is 74.1 Å². The summed E-state index contributed by atoms with van der Waals surface area (Å²) in [6.45, 7) is 13.8. The van der Waals surface area contributed by atoms with Crippen LogP contribution in [-0.4, -0.2) is 48.3 Å². The Balaban J connectivity index is 2.96. The first-order valence-corrected chi connectivity index (χ1v) is 13.4. The van der Waals surface area contributed by atoms with Gasteiger partial charge in [0.15, 0.2) is 0 Å². The third-order valence-corrected chi connectivity index (χ3v) is 7.26. The van der Waals surface area contributed by atoms with Crippen LogP contribution in [0.25, 0.3) is 0 Å². The zero-order valence-electron chi connectivity index (χ0n) is 22.8. The van der Waals surface area contributed by atoms with Gasteiger partial charge < -0.3 is 14.4 Å². The van der Waals surface area contributed by atoms with Crippen LogP contribution in [0.3, 0.4) is 0 Å². The van der Waals surface area contributed by atoms with Crippen molar-refractivity contribution < 1.29 is 19.1 Å². The van der Waals surface area contributed by atoms with Crippen LogP contribution in [0, 0.1) is 29.1 Å². The summed E-state index contributed by atoms with van der Waals surface area (Å²) in [7, 11) is 1.75. The number of hydrogen-bond donors (Lipinski definition) is 0. The van der Waals surface area contributed by atoms with Gasteiger partial charge in [-0.25, -0.2) is 0 Å². The van der Waals surface area contributed by atoms with Crippen LogP contribution in [0.15, 0.2) is 34.5 Å². The first-order valence-electron chi connectivity index (χ1n) is 12.4. The fourth-order valence-electron chi connectivity index (χ4n) is 3.59. The first-order chi connectivity index (χ1) is 16.4. The van der Waals surface area contributed by atoms with Gasteiger partial charge in [0.05, 0.1) is 0 Å². The van der Waals surface area contributed by atoms with Gasteiger partial charge in [-0.15, -0.1) is 17.7 Å². The highest BCUT2D eigenvalue weighted by molar-refractivity contribution is 8.03. The Bertz CT molecular complexity index is 905. The fraction of sp³-hybridized carbons (Fsp3) is 0.621. The molecule has 1 saturated carbocycles. The molecule has 0 N–H and O–H groups in total. The second-order valence-corrected chi connectivity index (χ2v) is 11.3. The zero-order chi connectivity index (χ0) is 26.6. The van der Waals surface area contributed by atoms with Gasteiger partial charge >= 0.3 is 0 Å². The normalized spacial score (nSPS) is 15.2. The maximum Gasteiger partial charge on any atom is 0.219 e. The average molecular weight is 502 g/mol. The van der Waals surface area contributed by atoms with Crippen LogP contribution in [0.4, 0.5) is 0 Å². The Morgan fingerprint density at radius 3 is 2.34 bits per heavy atom. The summed E-state index contributed by atoms with van der Waals surface area (Å²) in [5.41, 5.74) is 0.920. The maximum atomic E-state index is 13.3. The second-order valence-electron chi connectivity index (χ2n) is 10.2. The molecule has 1 aliphatic carbocycles. The van der Waals surface area contributed by atoms with Crippen molar-refractivity contribution in [2.45, 2.75) is 74.1 Å². The van der Waals surface area contributed by atoms with Gasteiger partial charge in [-0.3, -0.25) is 9.59 Å². The summed E-state index contributed by atoms with van der Waals surface area (Å²) in [5, 5.41) is 0. The molecular weight excluding hydrogens is 458 g/mol. The molecule has 6 heteroatoms. The summed E-state index contributed by atoms with van der Waals surface area (Å²) in [4.78, 5) is 39.4. The number of ketones is 2. The second kappa shape index (κ2) is 15.0. The van der Waals surface area contributed by atoms with E-state index < -0.39 is 5.41 Å². The SMILES string of the molecule is CC#CC=C(C=CCN(C)C(C)=O)OCC(SCC(C(=O)C(C)(C)C)C(CC)CC(C)=O)=C1CC1. The Kier molecular flexibility index (Phi) is 13.2. The number of amides is 1. The van der Waals surface area contributed by atoms with E-state index in [-0.39, 0.29) is 29.3 Å². The minimum atomic E-state index is -0.453. The zero-order valence-corrected chi connectivity index (χ0v) is 23.6. The van der Waals surface area contributed by atoms with E-state index in [1.165, 1.54) is 17.4 Å². The lowest BCUT2D eigenvalue weighted by Gasteiger charge is -2.30. The van der Waals surface area contributed by atoms with Crippen molar-refractivity contribution in [1.82, 2.24) is 4.90 Å². The molecule has 1 rings (SSSR count). The van der Waals surface area contributed by atoms with E-state index in [0.717, 1.165) is 19.3 Å². The topological polar surface area (TPSA) is 63.7 Å². The number of nitrogens with zero attached hydrogens (tertiary/aromatic N) is 1. The fourth-order valence-corrected chi connectivity index (χ4v) is 4.94. The molecule has 0 spiro atoms. The third kappa shape index (κ3) is 11.8. The highest BCUT2D eigenvalue weighted by Gasteiger charge is 2.35. The van der Waals surface area contributed by atoms with Crippen LogP contribution < -0.4 is 0 Å². The maximum absolute atomic E-state index is 13.3. The molecule has 1 amide bonds. The van der Waals surface area contributed by atoms with Crippen molar-refractivity contribution in [3.05, 3.63) is 34.5 Å². The minimum absolute atomic E-state index is 0.00103. The van der Waals surface area contributed by atoms with Crippen LogP contribution in [0.2, 0.25) is 0 Å². The summed E-state index contributed by atoms with van der Waals surface area (Å²) in [5.74, 6) is 7.30. The van der Waals surface area contributed by atoms with Crippen molar-refractivity contribution in [3.63, 3.8) is 0 Å². The lowest BCUT2D eigenvalue weighted by Crippen LogP contribution is -2.35. The quantitative estimate of drug-likeness (QED) is 0.167. The highest BCUT2D eigenvalue weighted by Crippen LogP contribution is 2.40. The van der Waals surface area contributed by atoms with E-state index >= 15 is 0 Å². The van der Waals surface area contributed by atoms with Gasteiger partial charge in [-0.2, -0.15) is 0 Å². The predicted molar refractivity (Wildman–Crippen MR) is 146 cm³/mol. The summed E-state index contributed by atoms with van der Waals surface area (Å²) < 4.78 is 6.11. The van der Waals surface area contributed by atoms with Crippen molar-refractivity contribution in [2.75, 3.05) is 26.0 Å². The Labute approximate surface area is 216 Å². The van der Waals surface area contributed by atoms with E-state index in [1.807, 2.05) is 32.9 Å². The number of carbonyl (C=O) groups excluding carboxylic acids is 3. The van der Waals surface area contributed by atoms with Crippen molar-refractivity contribution in [1.29, 1.82) is 0 Å².